The smallest absolute Gasteiger partial charge is 0.132 e. The van der Waals surface area contributed by atoms with Gasteiger partial charge in [-0.15, -0.1) is 0 Å². The van der Waals surface area contributed by atoms with Gasteiger partial charge in [0.25, 0.3) is 0 Å². The van der Waals surface area contributed by atoms with Gasteiger partial charge in [-0.2, -0.15) is 0 Å². The largest absolute Gasteiger partial charge is 0.300 e. The lowest BCUT2D eigenvalue weighted by Gasteiger charge is -1.92. The number of hydrogen-bond acceptors (Lipinski definition) is 1. The van der Waals surface area contributed by atoms with Gasteiger partial charge in [-0.25, -0.2) is 0 Å². The molecular formula is C21H24O. The molecular weight excluding hydrogens is 268 g/mol. The maximum Gasteiger partial charge on any atom is 0.132 e. The molecule has 0 aliphatic carbocycles. The van der Waals surface area contributed by atoms with Crippen molar-refractivity contribution in [2.75, 3.05) is 0 Å². The second-order valence-electron chi connectivity index (χ2n) is 4.75. The first kappa shape index (κ1) is 17.6. The molecule has 114 valence electrons. The highest BCUT2D eigenvalue weighted by Crippen LogP contribution is 2.11. The van der Waals surface area contributed by atoms with Crippen LogP contribution in [0.2, 0.25) is 0 Å². The van der Waals surface area contributed by atoms with Crippen LogP contribution in [0.4, 0.5) is 0 Å². The molecule has 0 fully saturated rings. The summed E-state index contributed by atoms with van der Waals surface area (Å²) in [5.74, 6) is 0.343. The first-order chi connectivity index (χ1) is 10.8. The van der Waals surface area contributed by atoms with Gasteiger partial charge in [0.15, 0.2) is 0 Å². The van der Waals surface area contributed by atoms with Gasteiger partial charge in [0.05, 0.1) is 0 Å². The van der Waals surface area contributed by atoms with Crippen LogP contribution in [0, 0.1) is 0 Å². The van der Waals surface area contributed by atoms with Crippen molar-refractivity contribution < 1.29 is 4.79 Å². The monoisotopic (exact) mass is 292 g/mol. The summed E-state index contributed by atoms with van der Waals surface area (Å²) >= 11 is 0. The second-order valence-corrected chi connectivity index (χ2v) is 4.75. The van der Waals surface area contributed by atoms with Gasteiger partial charge >= 0.3 is 0 Å². The Morgan fingerprint density at radius 3 is 1.05 bits per heavy atom. The number of carbonyl (C=O) groups excluding carboxylic acids is 1. The number of fused-ring (bicyclic) bond motifs is 1. The number of benzene rings is 3. The average molecular weight is 292 g/mol. The topological polar surface area (TPSA) is 17.1 Å². The summed E-state index contributed by atoms with van der Waals surface area (Å²) in [5.41, 5.74) is 0. The molecule has 0 aliphatic heterocycles. The third kappa shape index (κ3) is 7.39. The summed E-state index contributed by atoms with van der Waals surface area (Å²) in [6.07, 6.45) is 1.38. The average Bonchev–Trinajstić information content (AvgIpc) is 2.63. The van der Waals surface area contributed by atoms with E-state index >= 15 is 0 Å². The van der Waals surface area contributed by atoms with Crippen LogP contribution < -0.4 is 0 Å². The van der Waals surface area contributed by atoms with Crippen molar-refractivity contribution in [2.45, 2.75) is 26.7 Å². The fourth-order valence-corrected chi connectivity index (χ4v) is 1.77. The van der Waals surface area contributed by atoms with E-state index in [1.807, 2.05) is 50.2 Å². The molecule has 0 amide bonds. The molecule has 0 spiro atoms. The fraction of sp³-hybridized carbons (Fsp3) is 0.190. The molecule has 3 rings (SSSR count). The highest BCUT2D eigenvalue weighted by Gasteiger charge is 1.87. The number of rotatable bonds is 2. The molecule has 0 unspecified atom stereocenters. The molecule has 3 aromatic rings. The van der Waals surface area contributed by atoms with Crippen molar-refractivity contribution in [2.24, 2.45) is 0 Å². The van der Waals surface area contributed by atoms with Crippen LogP contribution in [0.15, 0.2) is 84.9 Å². The fourth-order valence-electron chi connectivity index (χ4n) is 1.77. The van der Waals surface area contributed by atoms with E-state index in [1.54, 1.807) is 0 Å². The Balaban J connectivity index is 0.000000176. The summed E-state index contributed by atoms with van der Waals surface area (Å²) in [7, 11) is 0. The molecule has 0 aliphatic rings. The second kappa shape index (κ2) is 11.3. The standard InChI is InChI=1S/C10H8.C6H6.C5H10O/c1-2-6-10-8-4-3-7-9(10)5-1;1-2-4-6-5-3-1;1-3-5(6)4-2/h1-8H;1-6H;3-4H2,1-2H3. The summed E-state index contributed by atoms with van der Waals surface area (Å²) in [6, 6.07) is 28.7. The third-order valence-electron chi connectivity index (χ3n) is 3.11. The van der Waals surface area contributed by atoms with Gasteiger partial charge in [-0.3, -0.25) is 4.79 Å². The molecule has 1 heteroatoms. The SMILES string of the molecule is CCC(=O)CC.c1ccc2ccccc2c1.c1ccccc1. The molecule has 0 bridgehead atoms. The van der Waals surface area contributed by atoms with E-state index in [9.17, 15) is 4.79 Å². The zero-order valence-electron chi connectivity index (χ0n) is 13.4. The van der Waals surface area contributed by atoms with E-state index in [1.165, 1.54) is 10.8 Å². The van der Waals surface area contributed by atoms with Gasteiger partial charge in [-0.1, -0.05) is 98.8 Å². The van der Waals surface area contributed by atoms with Crippen LogP contribution in [-0.4, -0.2) is 5.78 Å². The Morgan fingerprint density at radius 2 is 0.864 bits per heavy atom. The first-order valence-corrected chi connectivity index (χ1v) is 7.73. The van der Waals surface area contributed by atoms with E-state index in [0.717, 1.165) is 0 Å². The van der Waals surface area contributed by atoms with Gasteiger partial charge in [0, 0.05) is 12.8 Å². The zero-order chi connectivity index (χ0) is 16.0. The molecule has 3 aromatic carbocycles. The predicted octanol–water partition coefficient (Wildman–Crippen LogP) is 5.90. The minimum absolute atomic E-state index is 0.343. The zero-order valence-corrected chi connectivity index (χ0v) is 13.4. The quantitative estimate of drug-likeness (QED) is 0.574. The Morgan fingerprint density at radius 1 is 0.591 bits per heavy atom. The van der Waals surface area contributed by atoms with Crippen molar-refractivity contribution >= 4 is 16.6 Å². The van der Waals surface area contributed by atoms with Crippen molar-refractivity contribution in [3.63, 3.8) is 0 Å². The molecule has 0 radical (unpaired) electrons. The lowest BCUT2D eigenvalue weighted by molar-refractivity contribution is -0.118. The van der Waals surface area contributed by atoms with Crippen molar-refractivity contribution in [3.05, 3.63) is 84.9 Å². The Hall–Kier alpha value is -2.41. The van der Waals surface area contributed by atoms with Crippen LogP contribution in [0.5, 0.6) is 0 Å². The summed E-state index contributed by atoms with van der Waals surface area (Å²) < 4.78 is 0. The molecule has 0 saturated heterocycles. The third-order valence-corrected chi connectivity index (χ3v) is 3.11. The normalized spacial score (nSPS) is 9.00. The number of Topliss-reactive ketones (excluding diaryl/α,β-unsaturated/α-hetero) is 1. The van der Waals surface area contributed by atoms with Crippen LogP contribution in [0.1, 0.15) is 26.7 Å². The Kier molecular flexibility index (Phi) is 9.04. The number of carbonyl (C=O) groups is 1. The predicted molar refractivity (Wildman–Crippen MR) is 96.0 cm³/mol. The molecule has 0 heterocycles. The summed E-state index contributed by atoms with van der Waals surface area (Å²) in [4.78, 5) is 10.2. The molecule has 1 nitrogen and oxygen atoms in total. The molecule has 0 N–H and O–H groups in total. The number of ketones is 1. The van der Waals surface area contributed by atoms with Crippen LogP contribution in [0.3, 0.4) is 0 Å². The molecule has 0 atom stereocenters. The minimum atomic E-state index is 0.343. The molecule has 22 heavy (non-hydrogen) atoms. The van der Waals surface area contributed by atoms with Gasteiger partial charge < -0.3 is 0 Å². The van der Waals surface area contributed by atoms with E-state index in [2.05, 4.69) is 48.5 Å². The summed E-state index contributed by atoms with van der Waals surface area (Å²) in [6.45, 7) is 3.76. The van der Waals surface area contributed by atoms with Crippen molar-refractivity contribution in [3.8, 4) is 0 Å². The van der Waals surface area contributed by atoms with E-state index < -0.39 is 0 Å². The minimum Gasteiger partial charge on any atom is -0.300 e. The Bertz CT molecular complexity index is 546. The molecule has 0 aromatic heterocycles. The van der Waals surface area contributed by atoms with Crippen LogP contribution >= 0.6 is 0 Å². The van der Waals surface area contributed by atoms with E-state index in [4.69, 9.17) is 0 Å². The van der Waals surface area contributed by atoms with Gasteiger partial charge in [-0.05, 0) is 10.8 Å². The van der Waals surface area contributed by atoms with Crippen LogP contribution in [0.25, 0.3) is 10.8 Å². The highest BCUT2D eigenvalue weighted by atomic mass is 16.1. The van der Waals surface area contributed by atoms with Gasteiger partial charge in [0.2, 0.25) is 0 Å². The maximum absolute atomic E-state index is 10.2. The van der Waals surface area contributed by atoms with Gasteiger partial charge in [0.1, 0.15) is 5.78 Å². The van der Waals surface area contributed by atoms with Crippen molar-refractivity contribution in [1.82, 2.24) is 0 Å². The lowest BCUT2D eigenvalue weighted by atomic mass is 10.1. The van der Waals surface area contributed by atoms with E-state index in [0.29, 0.717) is 18.6 Å². The Labute approximate surface area is 133 Å². The maximum atomic E-state index is 10.2. The van der Waals surface area contributed by atoms with Crippen molar-refractivity contribution in [1.29, 1.82) is 0 Å². The molecule has 0 saturated carbocycles. The van der Waals surface area contributed by atoms with Crippen LogP contribution in [-0.2, 0) is 4.79 Å². The summed E-state index contributed by atoms with van der Waals surface area (Å²) in [5, 5.41) is 2.62. The number of hydrogen-bond donors (Lipinski definition) is 0. The lowest BCUT2D eigenvalue weighted by Crippen LogP contribution is -1.88. The van der Waals surface area contributed by atoms with E-state index in [-0.39, 0.29) is 0 Å². The highest BCUT2D eigenvalue weighted by molar-refractivity contribution is 5.82. The first-order valence-electron chi connectivity index (χ1n) is 7.73.